The molecule has 0 aliphatic carbocycles. The summed E-state index contributed by atoms with van der Waals surface area (Å²) in [5.74, 6) is 0.0869. The lowest BCUT2D eigenvalue weighted by atomic mass is 10.1. The summed E-state index contributed by atoms with van der Waals surface area (Å²) in [7, 11) is 0. The van der Waals surface area contributed by atoms with Crippen LogP contribution >= 0.6 is 0 Å². The standard InChI is InChI=1S/C23H19N3O6/c1-13-9-19-21(10-14(13)2)32-23(25-19)18-11-15(3-8-20(18)27)24-22(28)12-31-17-6-4-16(5-7-17)26(29)30/h3-11,27H,12H2,1-2H3,(H,24,28). The average Bonchev–Trinajstić information content (AvgIpc) is 3.16. The summed E-state index contributed by atoms with van der Waals surface area (Å²) in [5.41, 5.74) is 4.12. The van der Waals surface area contributed by atoms with E-state index in [1.54, 1.807) is 12.1 Å². The number of nitrogens with one attached hydrogen (secondary N) is 1. The minimum atomic E-state index is -0.516. The van der Waals surface area contributed by atoms with Gasteiger partial charge in [-0.3, -0.25) is 14.9 Å². The Morgan fingerprint density at radius 3 is 2.56 bits per heavy atom. The number of hydrogen-bond donors (Lipinski definition) is 2. The number of anilines is 1. The number of phenolic OH excluding ortho intramolecular Hbond substituents is 1. The van der Waals surface area contributed by atoms with Gasteiger partial charge in [0.1, 0.15) is 17.0 Å². The Bertz CT molecular complexity index is 1290. The van der Waals surface area contributed by atoms with E-state index in [9.17, 15) is 20.0 Å². The largest absolute Gasteiger partial charge is 0.507 e. The molecule has 0 spiro atoms. The molecule has 1 aromatic heterocycles. The maximum Gasteiger partial charge on any atom is 0.269 e. The van der Waals surface area contributed by atoms with Crippen molar-refractivity contribution in [1.82, 2.24) is 4.98 Å². The van der Waals surface area contributed by atoms with Crippen molar-refractivity contribution in [2.24, 2.45) is 0 Å². The quantitative estimate of drug-likeness (QED) is 0.255. The van der Waals surface area contributed by atoms with Crippen LogP contribution in [-0.2, 0) is 4.79 Å². The van der Waals surface area contributed by atoms with Crippen molar-refractivity contribution in [2.45, 2.75) is 13.8 Å². The second kappa shape index (κ2) is 8.38. The molecule has 0 atom stereocenters. The first-order chi connectivity index (χ1) is 15.3. The maximum absolute atomic E-state index is 12.3. The van der Waals surface area contributed by atoms with Gasteiger partial charge in [0.25, 0.3) is 11.6 Å². The molecule has 1 amide bonds. The van der Waals surface area contributed by atoms with Crippen LogP contribution in [0.4, 0.5) is 11.4 Å². The molecule has 0 bridgehead atoms. The Kier molecular flexibility index (Phi) is 5.46. The molecule has 4 rings (SSSR count). The Morgan fingerprint density at radius 2 is 1.84 bits per heavy atom. The van der Waals surface area contributed by atoms with Crippen LogP contribution in [0.3, 0.4) is 0 Å². The molecule has 9 nitrogen and oxygen atoms in total. The molecule has 32 heavy (non-hydrogen) atoms. The van der Waals surface area contributed by atoms with Gasteiger partial charge in [0, 0.05) is 17.8 Å². The first-order valence-corrected chi connectivity index (χ1v) is 9.68. The van der Waals surface area contributed by atoms with Crippen molar-refractivity contribution in [1.29, 1.82) is 0 Å². The van der Waals surface area contributed by atoms with Crippen LogP contribution in [0.25, 0.3) is 22.6 Å². The lowest BCUT2D eigenvalue weighted by Crippen LogP contribution is -2.20. The van der Waals surface area contributed by atoms with Crippen molar-refractivity contribution in [3.63, 3.8) is 0 Å². The fourth-order valence-corrected chi connectivity index (χ4v) is 3.09. The molecule has 0 aliphatic heterocycles. The van der Waals surface area contributed by atoms with E-state index in [0.29, 0.717) is 28.1 Å². The molecule has 3 aromatic carbocycles. The Labute approximate surface area is 182 Å². The lowest BCUT2D eigenvalue weighted by molar-refractivity contribution is -0.384. The van der Waals surface area contributed by atoms with Gasteiger partial charge in [-0.15, -0.1) is 0 Å². The molecule has 0 fully saturated rings. The van der Waals surface area contributed by atoms with Crippen LogP contribution in [0.5, 0.6) is 11.5 Å². The molecule has 0 unspecified atom stereocenters. The van der Waals surface area contributed by atoms with E-state index in [0.717, 1.165) is 11.1 Å². The van der Waals surface area contributed by atoms with Crippen LogP contribution in [-0.4, -0.2) is 27.5 Å². The van der Waals surface area contributed by atoms with Crippen LogP contribution in [0, 0.1) is 24.0 Å². The normalized spacial score (nSPS) is 10.8. The molecule has 1 heterocycles. The summed E-state index contributed by atoms with van der Waals surface area (Å²) < 4.78 is 11.2. The second-order valence-electron chi connectivity index (χ2n) is 7.24. The number of ether oxygens (including phenoxy) is 1. The fraction of sp³-hybridized carbons (Fsp3) is 0.130. The number of aryl methyl sites for hydroxylation is 2. The topological polar surface area (TPSA) is 128 Å². The number of rotatable bonds is 6. The van der Waals surface area contributed by atoms with Gasteiger partial charge in [0.15, 0.2) is 12.2 Å². The highest BCUT2D eigenvalue weighted by atomic mass is 16.6. The summed E-state index contributed by atoms with van der Waals surface area (Å²) in [4.78, 5) is 26.9. The summed E-state index contributed by atoms with van der Waals surface area (Å²) in [6.07, 6.45) is 0. The van der Waals surface area contributed by atoms with Crippen molar-refractivity contribution in [2.75, 3.05) is 11.9 Å². The smallest absolute Gasteiger partial charge is 0.269 e. The molecule has 162 valence electrons. The molecule has 9 heteroatoms. The van der Waals surface area contributed by atoms with E-state index in [1.165, 1.54) is 30.3 Å². The zero-order valence-corrected chi connectivity index (χ0v) is 17.3. The monoisotopic (exact) mass is 433 g/mol. The SMILES string of the molecule is Cc1cc2nc(-c3cc(NC(=O)COc4ccc([N+](=O)[O-])cc4)ccc3O)oc2cc1C. The molecule has 0 radical (unpaired) electrons. The van der Waals surface area contributed by atoms with Gasteiger partial charge < -0.3 is 19.6 Å². The average molecular weight is 433 g/mol. The number of nitrogens with zero attached hydrogens (tertiary/aromatic N) is 2. The van der Waals surface area contributed by atoms with Crippen LogP contribution in [0.2, 0.25) is 0 Å². The predicted octanol–water partition coefficient (Wildman–Crippen LogP) is 4.74. The number of hydrogen-bond acceptors (Lipinski definition) is 7. The van der Waals surface area contributed by atoms with Gasteiger partial charge in [0.05, 0.1) is 10.5 Å². The van der Waals surface area contributed by atoms with Gasteiger partial charge in [-0.2, -0.15) is 0 Å². The van der Waals surface area contributed by atoms with Crippen molar-refractivity contribution >= 4 is 28.4 Å². The molecule has 4 aromatic rings. The second-order valence-corrected chi connectivity index (χ2v) is 7.24. The molecular weight excluding hydrogens is 414 g/mol. The highest BCUT2D eigenvalue weighted by Crippen LogP contribution is 2.34. The zero-order chi connectivity index (χ0) is 22.8. The molecule has 2 N–H and O–H groups in total. The number of nitro groups is 1. The third-order valence-electron chi connectivity index (χ3n) is 4.93. The minimum Gasteiger partial charge on any atom is -0.507 e. The Hall–Kier alpha value is -4.40. The molecule has 0 saturated carbocycles. The number of non-ortho nitro benzene ring substituents is 1. The first kappa shape index (κ1) is 20.9. The molecule has 0 saturated heterocycles. The number of aromatic hydroxyl groups is 1. The Morgan fingerprint density at radius 1 is 1.12 bits per heavy atom. The third-order valence-corrected chi connectivity index (χ3v) is 4.93. The van der Waals surface area contributed by atoms with Gasteiger partial charge in [-0.1, -0.05) is 0 Å². The number of phenols is 1. The predicted molar refractivity (Wildman–Crippen MR) is 118 cm³/mol. The van der Waals surface area contributed by atoms with Crippen molar-refractivity contribution < 1.29 is 24.0 Å². The number of fused-ring (bicyclic) bond motifs is 1. The zero-order valence-electron chi connectivity index (χ0n) is 17.3. The van der Waals surface area contributed by atoms with E-state index in [-0.39, 0.29) is 23.9 Å². The number of amides is 1. The number of carbonyl (C=O) groups excluding carboxylic acids is 1. The lowest BCUT2D eigenvalue weighted by Gasteiger charge is -2.09. The van der Waals surface area contributed by atoms with E-state index in [1.807, 2.05) is 26.0 Å². The van der Waals surface area contributed by atoms with Gasteiger partial charge >= 0.3 is 0 Å². The summed E-state index contributed by atoms with van der Waals surface area (Å²) in [5, 5.41) is 23.7. The van der Waals surface area contributed by atoms with E-state index in [2.05, 4.69) is 10.3 Å². The number of aromatic nitrogens is 1. The van der Waals surface area contributed by atoms with Gasteiger partial charge in [-0.25, -0.2) is 4.98 Å². The number of oxazole rings is 1. The summed E-state index contributed by atoms with van der Waals surface area (Å²) in [6.45, 7) is 3.66. The minimum absolute atomic E-state index is 0.0369. The Balaban J connectivity index is 1.47. The van der Waals surface area contributed by atoms with Crippen LogP contribution < -0.4 is 10.1 Å². The molecule has 0 aliphatic rings. The van der Waals surface area contributed by atoms with E-state index >= 15 is 0 Å². The molecular formula is C23H19N3O6. The first-order valence-electron chi connectivity index (χ1n) is 9.68. The van der Waals surface area contributed by atoms with Crippen LogP contribution in [0.15, 0.2) is 59.0 Å². The third kappa shape index (κ3) is 4.36. The number of nitro benzene ring substituents is 1. The highest BCUT2D eigenvalue weighted by molar-refractivity contribution is 5.93. The van der Waals surface area contributed by atoms with Gasteiger partial charge in [-0.05, 0) is 67.4 Å². The van der Waals surface area contributed by atoms with E-state index in [4.69, 9.17) is 9.15 Å². The van der Waals surface area contributed by atoms with Crippen molar-refractivity contribution in [3.05, 3.63) is 75.8 Å². The summed E-state index contributed by atoms with van der Waals surface area (Å²) in [6, 6.07) is 13.8. The number of carbonyl (C=O) groups is 1. The van der Waals surface area contributed by atoms with Crippen molar-refractivity contribution in [3.8, 4) is 23.0 Å². The van der Waals surface area contributed by atoms with Crippen LogP contribution in [0.1, 0.15) is 11.1 Å². The van der Waals surface area contributed by atoms with Gasteiger partial charge in [0.2, 0.25) is 5.89 Å². The summed E-state index contributed by atoms with van der Waals surface area (Å²) >= 11 is 0. The maximum atomic E-state index is 12.3. The fourth-order valence-electron chi connectivity index (χ4n) is 3.09. The highest BCUT2D eigenvalue weighted by Gasteiger charge is 2.15. The number of benzene rings is 3. The van der Waals surface area contributed by atoms with E-state index < -0.39 is 10.8 Å².